The SMILES string of the molecule is CCOC(=O)C1=C(O)/C(=C/c2cc(OC)c(OCc3ccc(Cl)cc3)cc2Br)SC1=NC(=O)c1ccccc1Cl. The largest absolute Gasteiger partial charge is 0.506 e. The minimum atomic E-state index is -0.802. The van der Waals surface area contributed by atoms with Gasteiger partial charge in [-0.15, -0.1) is 0 Å². The van der Waals surface area contributed by atoms with Crippen LogP contribution >= 0.6 is 50.9 Å². The highest BCUT2D eigenvalue weighted by Gasteiger charge is 2.34. The molecule has 11 heteroatoms. The summed E-state index contributed by atoms with van der Waals surface area (Å²) in [6.07, 6.45) is 1.64. The standard InChI is InChI=1S/C29H22BrCl2NO6S/c1-3-38-29(36)25-26(34)24(40-28(25)33-27(35)19-6-4-5-7-21(19)32)13-17-12-22(37-2)23(14-20(17)30)39-15-16-8-10-18(31)11-9-16/h4-14,34H,3,15H2,1-2H3/b24-13-,33-28?. The zero-order valence-electron chi connectivity index (χ0n) is 21.2. The molecule has 206 valence electrons. The number of benzene rings is 3. The Morgan fingerprint density at radius 1 is 1.07 bits per heavy atom. The van der Waals surface area contributed by atoms with Crippen LogP contribution in [0.3, 0.4) is 0 Å². The molecule has 0 radical (unpaired) electrons. The maximum absolute atomic E-state index is 12.9. The maximum Gasteiger partial charge on any atom is 0.344 e. The topological polar surface area (TPSA) is 94.4 Å². The summed E-state index contributed by atoms with van der Waals surface area (Å²) in [5.41, 5.74) is 1.51. The smallest absolute Gasteiger partial charge is 0.344 e. The predicted octanol–water partition coefficient (Wildman–Crippen LogP) is 8.05. The number of rotatable bonds is 8. The summed E-state index contributed by atoms with van der Waals surface area (Å²) < 4.78 is 17.2. The summed E-state index contributed by atoms with van der Waals surface area (Å²) in [7, 11) is 1.51. The molecule has 1 aliphatic heterocycles. The van der Waals surface area contributed by atoms with Crippen LogP contribution in [0.2, 0.25) is 10.0 Å². The second kappa shape index (κ2) is 13.4. The Morgan fingerprint density at radius 2 is 1.80 bits per heavy atom. The van der Waals surface area contributed by atoms with Crippen molar-refractivity contribution < 1.29 is 28.9 Å². The van der Waals surface area contributed by atoms with Crippen LogP contribution < -0.4 is 9.47 Å². The van der Waals surface area contributed by atoms with E-state index in [4.69, 9.17) is 37.4 Å². The van der Waals surface area contributed by atoms with Crippen molar-refractivity contribution in [2.75, 3.05) is 13.7 Å². The summed E-state index contributed by atoms with van der Waals surface area (Å²) in [5.74, 6) is -0.879. The van der Waals surface area contributed by atoms with E-state index in [1.54, 1.807) is 55.5 Å². The van der Waals surface area contributed by atoms with Gasteiger partial charge in [0.05, 0.1) is 29.2 Å². The van der Waals surface area contributed by atoms with Crippen LogP contribution in [-0.2, 0) is 16.1 Å². The molecule has 1 heterocycles. The number of ether oxygens (including phenoxy) is 3. The number of carbonyl (C=O) groups excluding carboxylic acids is 2. The molecule has 0 atom stereocenters. The van der Waals surface area contributed by atoms with Crippen molar-refractivity contribution in [3.8, 4) is 11.5 Å². The van der Waals surface area contributed by atoms with Crippen molar-refractivity contribution in [2.24, 2.45) is 4.99 Å². The quantitative estimate of drug-likeness (QED) is 0.244. The molecule has 3 aromatic carbocycles. The fraction of sp³-hybridized carbons (Fsp3) is 0.138. The lowest BCUT2D eigenvalue weighted by molar-refractivity contribution is -0.138. The number of aliphatic hydroxyl groups is 1. The first-order valence-electron chi connectivity index (χ1n) is 11.8. The molecule has 0 aliphatic carbocycles. The van der Waals surface area contributed by atoms with Gasteiger partial charge in [-0.3, -0.25) is 4.79 Å². The van der Waals surface area contributed by atoms with Gasteiger partial charge in [0.25, 0.3) is 5.91 Å². The number of halogens is 3. The fourth-order valence-corrected chi connectivity index (χ4v) is 5.38. The van der Waals surface area contributed by atoms with E-state index in [1.807, 2.05) is 12.1 Å². The fourth-order valence-electron chi connectivity index (χ4n) is 3.60. The molecule has 1 N–H and O–H groups in total. The van der Waals surface area contributed by atoms with E-state index in [-0.39, 0.29) is 38.5 Å². The Morgan fingerprint density at radius 3 is 2.48 bits per heavy atom. The predicted molar refractivity (Wildman–Crippen MR) is 162 cm³/mol. The van der Waals surface area contributed by atoms with Crippen molar-refractivity contribution >= 4 is 73.9 Å². The first kappa shape index (κ1) is 29.7. The third-order valence-corrected chi connectivity index (χ3v) is 7.84. The minimum absolute atomic E-state index is 0.00174. The molecule has 1 aliphatic rings. The third-order valence-electron chi connectivity index (χ3n) is 5.55. The molecule has 0 saturated heterocycles. The average molecular weight is 663 g/mol. The van der Waals surface area contributed by atoms with Crippen LogP contribution in [0.25, 0.3) is 6.08 Å². The normalized spacial score (nSPS) is 15.0. The minimum Gasteiger partial charge on any atom is -0.506 e. The van der Waals surface area contributed by atoms with Gasteiger partial charge in [-0.25, -0.2) is 9.79 Å². The molecule has 0 unspecified atom stereocenters. The lowest BCUT2D eigenvalue weighted by Gasteiger charge is -2.13. The zero-order valence-corrected chi connectivity index (χ0v) is 25.2. The van der Waals surface area contributed by atoms with Crippen LogP contribution in [0.15, 0.2) is 86.4 Å². The summed E-state index contributed by atoms with van der Waals surface area (Å²) in [4.78, 5) is 30.0. The van der Waals surface area contributed by atoms with Gasteiger partial charge in [-0.05, 0) is 60.5 Å². The van der Waals surface area contributed by atoms with Crippen LogP contribution in [0.1, 0.15) is 28.4 Å². The van der Waals surface area contributed by atoms with E-state index in [9.17, 15) is 14.7 Å². The van der Waals surface area contributed by atoms with Gasteiger partial charge in [0.15, 0.2) is 11.5 Å². The van der Waals surface area contributed by atoms with E-state index in [2.05, 4.69) is 20.9 Å². The molecule has 0 aromatic heterocycles. The van der Waals surface area contributed by atoms with Gasteiger partial charge >= 0.3 is 5.97 Å². The molecule has 1 amide bonds. The number of hydrogen-bond acceptors (Lipinski definition) is 7. The molecule has 0 saturated carbocycles. The summed E-state index contributed by atoms with van der Waals surface area (Å²) >= 11 is 16.6. The first-order chi connectivity index (χ1) is 19.2. The number of carbonyl (C=O) groups is 2. The van der Waals surface area contributed by atoms with Crippen molar-refractivity contribution in [3.05, 3.63) is 108 Å². The van der Waals surface area contributed by atoms with E-state index >= 15 is 0 Å². The Balaban J connectivity index is 1.67. The Labute approximate surface area is 253 Å². The van der Waals surface area contributed by atoms with E-state index < -0.39 is 11.9 Å². The number of nitrogens with zero attached hydrogens (tertiary/aromatic N) is 1. The number of esters is 1. The molecule has 40 heavy (non-hydrogen) atoms. The highest BCUT2D eigenvalue weighted by molar-refractivity contribution is 9.10. The molecule has 0 fully saturated rings. The Bertz CT molecular complexity index is 1550. The summed E-state index contributed by atoms with van der Waals surface area (Å²) in [5, 5.41) is 11.9. The second-order valence-electron chi connectivity index (χ2n) is 8.20. The van der Waals surface area contributed by atoms with Crippen LogP contribution in [0.4, 0.5) is 0 Å². The van der Waals surface area contributed by atoms with Gasteiger partial charge in [0.2, 0.25) is 0 Å². The monoisotopic (exact) mass is 661 g/mol. The van der Waals surface area contributed by atoms with Crippen LogP contribution in [0, 0.1) is 0 Å². The molecular weight excluding hydrogens is 641 g/mol. The number of aliphatic imine (C=N–C) groups is 1. The maximum atomic E-state index is 12.9. The number of thioether (sulfide) groups is 1. The Hall–Kier alpha value is -3.24. The Kier molecular flexibility index (Phi) is 9.97. The third kappa shape index (κ3) is 6.90. The number of methoxy groups -OCH3 is 1. The average Bonchev–Trinajstić information content (AvgIpc) is 3.23. The number of amides is 1. The summed E-state index contributed by atoms with van der Waals surface area (Å²) in [6, 6.07) is 17.2. The molecule has 3 aromatic rings. The molecule has 4 rings (SSSR count). The molecule has 0 bridgehead atoms. The number of hydrogen-bond donors (Lipinski definition) is 1. The van der Waals surface area contributed by atoms with Gasteiger partial charge < -0.3 is 19.3 Å². The number of aliphatic hydroxyl groups excluding tert-OH is 1. The van der Waals surface area contributed by atoms with Crippen molar-refractivity contribution in [2.45, 2.75) is 13.5 Å². The van der Waals surface area contributed by atoms with Gasteiger partial charge in [-0.1, -0.05) is 75.2 Å². The highest BCUT2D eigenvalue weighted by atomic mass is 79.9. The van der Waals surface area contributed by atoms with E-state index in [0.29, 0.717) is 33.2 Å². The molecular formula is C29H22BrCl2NO6S. The van der Waals surface area contributed by atoms with Crippen molar-refractivity contribution in [1.82, 2.24) is 0 Å². The molecule has 0 spiro atoms. The lowest BCUT2D eigenvalue weighted by atomic mass is 10.1. The van der Waals surface area contributed by atoms with Gasteiger partial charge in [0.1, 0.15) is 23.0 Å². The second-order valence-corrected chi connectivity index (χ2v) is 10.9. The zero-order chi connectivity index (χ0) is 28.8. The highest BCUT2D eigenvalue weighted by Crippen LogP contribution is 2.42. The van der Waals surface area contributed by atoms with E-state index in [1.165, 1.54) is 13.2 Å². The van der Waals surface area contributed by atoms with Crippen LogP contribution in [0.5, 0.6) is 11.5 Å². The van der Waals surface area contributed by atoms with Crippen molar-refractivity contribution in [1.29, 1.82) is 0 Å². The van der Waals surface area contributed by atoms with Gasteiger partial charge in [-0.2, -0.15) is 0 Å². The van der Waals surface area contributed by atoms with Crippen molar-refractivity contribution in [3.63, 3.8) is 0 Å². The summed E-state index contributed by atoms with van der Waals surface area (Å²) in [6.45, 7) is 2.01. The molecule has 7 nitrogen and oxygen atoms in total. The van der Waals surface area contributed by atoms with Crippen LogP contribution in [-0.4, -0.2) is 35.7 Å². The van der Waals surface area contributed by atoms with Gasteiger partial charge in [0, 0.05) is 9.50 Å². The first-order valence-corrected chi connectivity index (χ1v) is 14.2. The lowest BCUT2D eigenvalue weighted by Crippen LogP contribution is -2.14. The van der Waals surface area contributed by atoms with E-state index in [0.717, 1.165) is 17.3 Å².